The third-order valence-corrected chi connectivity index (χ3v) is 5.69. The second-order valence-corrected chi connectivity index (χ2v) is 7.92. The highest BCUT2D eigenvalue weighted by atomic mass is 19.1. The lowest BCUT2D eigenvalue weighted by Crippen LogP contribution is -2.46. The van der Waals surface area contributed by atoms with E-state index in [-0.39, 0.29) is 11.9 Å². The number of hydrogen-bond donors (Lipinski definition) is 2. The van der Waals surface area contributed by atoms with E-state index in [2.05, 4.69) is 37.9 Å². The van der Waals surface area contributed by atoms with E-state index >= 15 is 0 Å². The number of pyridine rings is 1. The van der Waals surface area contributed by atoms with Gasteiger partial charge in [0.25, 0.3) is 0 Å². The van der Waals surface area contributed by atoms with E-state index < -0.39 is 0 Å². The largest absolute Gasteiger partial charge is 0.379 e. The lowest BCUT2D eigenvalue weighted by molar-refractivity contribution is 0.0170. The average Bonchev–Trinajstić information content (AvgIpc) is 3.24. The first-order valence-electron chi connectivity index (χ1n) is 11.2. The van der Waals surface area contributed by atoms with Crippen LogP contribution in [0.15, 0.2) is 53.7 Å². The summed E-state index contributed by atoms with van der Waals surface area (Å²) in [5.74, 6) is 0.515. The molecule has 3 heterocycles. The smallest absolute Gasteiger partial charge is 0.191 e. The molecule has 0 amide bonds. The minimum atomic E-state index is -0.222. The van der Waals surface area contributed by atoms with E-state index in [1.165, 1.54) is 12.1 Å². The summed E-state index contributed by atoms with van der Waals surface area (Å²) < 4.78 is 21.1. The van der Waals surface area contributed by atoms with Crippen molar-refractivity contribution >= 4 is 11.6 Å². The summed E-state index contributed by atoms with van der Waals surface area (Å²) in [6, 6.07) is 12.9. The number of aryl methyl sites for hydroxylation is 1. The van der Waals surface area contributed by atoms with Crippen molar-refractivity contribution in [1.29, 1.82) is 0 Å². The molecule has 1 aromatic carbocycles. The Morgan fingerprint density at radius 1 is 1.16 bits per heavy atom. The molecular weight excluding hydrogens is 407 g/mol. The summed E-state index contributed by atoms with van der Waals surface area (Å²) in [5, 5.41) is 6.79. The predicted octanol–water partition coefficient (Wildman–Crippen LogP) is 2.91. The van der Waals surface area contributed by atoms with Crippen LogP contribution in [0.5, 0.6) is 0 Å². The van der Waals surface area contributed by atoms with Crippen LogP contribution in [0.2, 0.25) is 0 Å². The van der Waals surface area contributed by atoms with Gasteiger partial charge < -0.3 is 19.8 Å². The highest BCUT2D eigenvalue weighted by Gasteiger charge is 2.23. The maximum Gasteiger partial charge on any atom is 0.191 e. The Hall–Kier alpha value is -2.97. The normalized spacial score (nSPS) is 16.3. The van der Waals surface area contributed by atoms with Crippen molar-refractivity contribution in [3.8, 4) is 0 Å². The van der Waals surface area contributed by atoms with Crippen molar-refractivity contribution < 1.29 is 9.13 Å². The fraction of sp³-hybridized carbons (Fsp3) is 0.417. The van der Waals surface area contributed by atoms with Crippen molar-refractivity contribution in [2.75, 3.05) is 39.4 Å². The number of morpholine rings is 1. The number of rotatable bonds is 7. The second kappa shape index (κ2) is 10.6. The molecule has 1 unspecified atom stereocenters. The van der Waals surface area contributed by atoms with E-state index in [0.29, 0.717) is 26.3 Å². The number of nitrogens with zero attached hydrogens (tertiary/aromatic N) is 4. The average molecular weight is 439 g/mol. The van der Waals surface area contributed by atoms with Gasteiger partial charge in [-0.2, -0.15) is 0 Å². The molecule has 0 aliphatic carbocycles. The predicted molar refractivity (Wildman–Crippen MR) is 124 cm³/mol. The van der Waals surface area contributed by atoms with Crippen LogP contribution in [-0.2, 0) is 11.3 Å². The number of hydrogen-bond acceptors (Lipinski definition) is 4. The Morgan fingerprint density at radius 3 is 2.66 bits per heavy atom. The van der Waals surface area contributed by atoms with Crippen LogP contribution in [-0.4, -0.2) is 59.6 Å². The van der Waals surface area contributed by atoms with Crippen LogP contribution in [0, 0.1) is 12.7 Å². The van der Waals surface area contributed by atoms with E-state index in [1.807, 2.05) is 37.4 Å². The molecular formula is C24H31FN6O. The minimum Gasteiger partial charge on any atom is -0.379 e. The maximum absolute atomic E-state index is 13.5. The van der Waals surface area contributed by atoms with Gasteiger partial charge in [-0.1, -0.05) is 18.2 Å². The summed E-state index contributed by atoms with van der Waals surface area (Å²) in [7, 11) is 0. The maximum atomic E-state index is 13.5. The Labute approximate surface area is 188 Å². The molecule has 3 aromatic rings. The third-order valence-electron chi connectivity index (χ3n) is 5.69. The summed E-state index contributed by atoms with van der Waals surface area (Å²) in [6.07, 6.45) is 2.03. The van der Waals surface area contributed by atoms with Crippen molar-refractivity contribution in [2.45, 2.75) is 26.4 Å². The Kier molecular flexibility index (Phi) is 7.34. The zero-order valence-corrected chi connectivity index (χ0v) is 18.7. The number of fused-ring (bicyclic) bond motifs is 1. The van der Waals surface area contributed by atoms with Crippen molar-refractivity contribution in [1.82, 2.24) is 24.9 Å². The molecule has 170 valence electrons. The summed E-state index contributed by atoms with van der Waals surface area (Å²) in [5.41, 5.74) is 4.06. The molecule has 1 fully saturated rings. The molecule has 0 radical (unpaired) electrons. The summed E-state index contributed by atoms with van der Waals surface area (Å²) in [4.78, 5) is 11.8. The fourth-order valence-corrected chi connectivity index (χ4v) is 4.00. The van der Waals surface area contributed by atoms with E-state index in [9.17, 15) is 4.39 Å². The van der Waals surface area contributed by atoms with Gasteiger partial charge in [0.1, 0.15) is 11.5 Å². The number of guanidine groups is 1. The number of imidazole rings is 1. The molecule has 1 atom stereocenters. The van der Waals surface area contributed by atoms with Crippen molar-refractivity contribution in [3.05, 3.63) is 71.4 Å². The fourth-order valence-electron chi connectivity index (χ4n) is 4.00. The Bertz CT molecular complexity index is 1040. The van der Waals surface area contributed by atoms with Gasteiger partial charge in [-0.15, -0.1) is 0 Å². The van der Waals surface area contributed by atoms with E-state index in [4.69, 9.17) is 9.73 Å². The Balaban J connectivity index is 1.48. The monoisotopic (exact) mass is 438 g/mol. The van der Waals surface area contributed by atoms with E-state index in [0.717, 1.165) is 48.2 Å². The first-order valence-corrected chi connectivity index (χ1v) is 11.2. The van der Waals surface area contributed by atoms with Gasteiger partial charge >= 0.3 is 0 Å². The highest BCUT2D eigenvalue weighted by Crippen LogP contribution is 2.21. The lowest BCUT2D eigenvalue weighted by atomic mass is 10.0. The first kappa shape index (κ1) is 22.2. The molecule has 1 aliphatic heterocycles. The topological polar surface area (TPSA) is 66.2 Å². The number of ether oxygens (including phenoxy) is 1. The molecule has 4 rings (SSSR count). The molecule has 2 aromatic heterocycles. The first-order chi connectivity index (χ1) is 15.6. The Morgan fingerprint density at radius 2 is 1.94 bits per heavy atom. The standard InChI is InChI=1S/C24H31FN6O/c1-3-26-24(27-15-21-17-31-18(2)5-4-6-23(31)29-21)28-16-22(30-11-13-32-14-12-30)19-7-9-20(25)10-8-19/h4-10,17,22H,3,11-16H2,1-2H3,(H2,26,27,28). The van der Waals surface area contributed by atoms with Crippen LogP contribution < -0.4 is 10.6 Å². The quantitative estimate of drug-likeness (QED) is 0.439. The molecule has 7 nitrogen and oxygen atoms in total. The van der Waals surface area contributed by atoms with Gasteiger partial charge in [0.15, 0.2) is 5.96 Å². The zero-order chi connectivity index (χ0) is 22.3. The van der Waals surface area contributed by atoms with E-state index in [1.54, 1.807) is 0 Å². The summed E-state index contributed by atoms with van der Waals surface area (Å²) >= 11 is 0. The molecule has 0 bridgehead atoms. The van der Waals surface area contributed by atoms with Crippen LogP contribution in [0.4, 0.5) is 4.39 Å². The SMILES string of the molecule is CCNC(=NCc1cn2c(C)cccc2n1)NCC(c1ccc(F)cc1)N1CCOCC1. The number of aliphatic imine (C=N–C) groups is 1. The van der Waals surface area contributed by atoms with Gasteiger partial charge in [0.05, 0.1) is 31.5 Å². The van der Waals surface area contributed by atoms with Gasteiger partial charge in [-0.25, -0.2) is 14.4 Å². The van der Waals surface area contributed by atoms with Gasteiger partial charge in [0.2, 0.25) is 0 Å². The van der Waals surface area contributed by atoms with Crippen LogP contribution in [0.3, 0.4) is 0 Å². The molecule has 0 saturated carbocycles. The van der Waals surface area contributed by atoms with Gasteiger partial charge in [-0.3, -0.25) is 4.90 Å². The minimum absolute atomic E-state index is 0.0983. The van der Waals surface area contributed by atoms with Crippen LogP contribution in [0.25, 0.3) is 5.65 Å². The molecule has 2 N–H and O–H groups in total. The molecule has 1 saturated heterocycles. The molecule has 8 heteroatoms. The second-order valence-electron chi connectivity index (χ2n) is 7.92. The number of aromatic nitrogens is 2. The highest BCUT2D eigenvalue weighted by molar-refractivity contribution is 5.79. The number of nitrogens with one attached hydrogen (secondary N) is 2. The van der Waals surface area contributed by atoms with Crippen molar-refractivity contribution in [2.24, 2.45) is 4.99 Å². The van der Waals surface area contributed by atoms with Crippen LogP contribution in [0.1, 0.15) is 29.9 Å². The molecule has 1 aliphatic rings. The lowest BCUT2D eigenvalue weighted by Gasteiger charge is -2.35. The number of benzene rings is 1. The molecule has 0 spiro atoms. The van der Waals surface area contributed by atoms with Crippen LogP contribution >= 0.6 is 0 Å². The zero-order valence-electron chi connectivity index (χ0n) is 18.7. The van der Waals surface area contributed by atoms with Gasteiger partial charge in [-0.05, 0) is 43.7 Å². The van der Waals surface area contributed by atoms with Gasteiger partial charge in [0, 0.05) is 38.1 Å². The summed E-state index contributed by atoms with van der Waals surface area (Å²) in [6.45, 7) is 9.11. The molecule has 32 heavy (non-hydrogen) atoms. The number of halogens is 1. The van der Waals surface area contributed by atoms with Crippen molar-refractivity contribution in [3.63, 3.8) is 0 Å². The third kappa shape index (κ3) is 5.44.